The van der Waals surface area contributed by atoms with E-state index in [1.807, 2.05) is 12.1 Å². The number of nitrogens with one attached hydrogen (secondary N) is 1. The molecule has 2 rings (SSSR count). The monoisotopic (exact) mass is 265 g/mol. The number of hydrogen-bond donors (Lipinski definition) is 1. The normalized spacial score (nSPS) is 10.3. The average molecular weight is 266 g/mol. The Hall–Kier alpha value is -1.22. The molecule has 3 heteroatoms. The van der Waals surface area contributed by atoms with Crippen LogP contribution < -0.4 is 5.32 Å². The second-order valence-corrected chi connectivity index (χ2v) is 4.25. The number of hydrogen-bond acceptors (Lipinski definition) is 2. The Kier molecular flexibility index (Phi) is 3.11. The van der Waals surface area contributed by atoms with E-state index in [9.17, 15) is 0 Å². The fraction of sp³-hybridized carbons (Fsp3) is 0.167. The molecule has 15 heavy (non-hydrogen) atoms. The van der Waals surface area contributed by atoms with Crippen molar-refractivity contribution in [2.24, 2.45) is 0 Å². The lowest BCUT2D eigenvalue weighted by Crippen LogP contribution is -1.97. The third-order valence-electron chi connectivity index (χ3n) is 2.22. The number of benzene rings is 1. The van der Waals surface area contributed by atoms with Gasteiger partial charge in [-0.25, -0.2) is 0 Å². The maximum absolute atomic E-state index is 5.23. The molecule has 0 bridgehead atoms. The Morgan fingerprint density at radius 1 is 1.33 bits per heavy atom. The van der Waals surface area contributed by atoms with Gasteiger partial charge in [0.1, 0.15) is 5.76 Å². The van der Waals surface area contributed by atoms with E-state index in [-0.39, 0.29) is 0 Å². The summed E-state index contributed by atoms with van der Waals surface area (Å²) in [6, 6.07) is 10.0. The van der Waals surface area contributed by atoms with E-state index in [2.05, 4.69) is 46.4 Å². The van der Waals surface area contributed by atoms with Crippen molar-refractivity contribution >= 4 is 21.6 Å². The molecule has 1 aromatic heterocycles. The number of aryl methyl sites for hydroxylation is 1. The topological polar surface area (TPSA) is 25.2 Å². The second kappa shape index (κ2) is 4.53. The van der Waals surface area contributed by atoms with E-state index in [1.54, 1.807) is 6.26 Å². The van der Waals surface area contributed by atoms with Crippen LogP contribution in [-0.2, 0) is 6.54 Å². The van der Waals surface area contributed by atoms with Gasteiger partial charge >= 0.3 is 0 Å². The highest BCUT2D eigenvalue weighted by molar-refractivity contribution is 9.10. The Morgan fingerprint density at radius 3 is 2.87 bits per heavy atom. The van der Waals surface area contributed by atoms with Crippen molar-refractivity contribution in [2.45, 2.75) is 13.5 Å². The van der Waals surface area contributed by atoms with Gasteiger partial charge in [-0.15, -0.1) is 0 Å². The van der Waals surface area contributed by atoms with E-state index >= 15 is 0 Å². The van der Waals surface area contributed by atoms with Crippen molar-refractivity contribution in [2.75, 3.05) is 5.32 Å². The first kappa shape index (κ1) is 10.3. The van der Waals surface area contributed by atoms with Crippen LogP contribution in [0.25, 0.3) is 0 Å². The first-order valence-corrected chi connectivity index (χ1v) is 5.57. The minimum atomic E-state index is 0.711. The molecule has 0 aliphatic heterocycles. The van der Waals surface area contributed by atoms with Gasteiger partial charge in [0, 0.05) is 10.2 Å². The Bertz CT molecular complexity index is 437. The molecule has 2 aromatic rings. The van der Waals surface area contributed by atoms with Crippen LogP contribution in [0.3, 0.4) is 0 Å². The fourth-order valence-electron chi connectivity index (χ4n) is 1.31. The Balaban J connectivity index is 2.02. The smallest absolute Gasteiger partial charge is 0.122 e. The third-order valence-corrected chi connectivity index (χ3v) is 3.07. The van der Waals surface area contributed by atoms with Crippen molar-refractivity contribution in [3.8, 4) is 0 Å². The molecule has 0 spiro atoms. The summed E-state index contributed by atoms with van der Waals surface area (Å²) in [5.41, 5.74) is 2.32. The van der Waals surface area contributed by atoms with Gasteiger partial charge < -0.3 is 9.73 Å². The van der Waals surface area contributed by atoms with Crippen LogP contribution in [0, 0.1) is 6.92 Å². The maximum atomic E-state index is 5.23. The van der Waals surface area contributed by atoms with E-state index in [4.69, 9.17) is 4.42 Å². The summed E-state index contributed by atoms with van der Waals surface area (Å²) >= 11 is 3.50. The van der Waals surface area contributed by atoms with Crippen molar-refractivity contribution in [3.63, 3.8) is 0 Å². The average Bonchev–Trinajstić information content (AvgIpc) is 2.73. The molecule has 1 heterocycles. The zero-order valence-electron chi connectivity index (χ0n) is 8.46. The first-order chi connectivity index (χ1) is 7.25. The van der Waals surface area contributed by atoms with Gasteiger partial charge in [0.2, 0.25) is 0 Å². The molecular formula is C12H12BrNO. The quantitative estimate of drug-likeness (QED) is 0.909. The summed E-state index contributed by atoms with van der Waals surface area (Å²) in [5.74, 6) is 0.937. The molecule has 2 nitrogen and oxygen atoms in total. The van der Waals surface area contributed by atoms with Gasteiger partial charge in [0.25, 0.3) is 0 Å². The van der Waals surface area contributed by atoms with Gasteiger partial charge in [-0.3, -0.25) is 0 Å². The summed E-state index contributed by atoms with van der Waals surface area (Å²) in [7, 11) is 0. The largest absolute Gasteiger partial charge is 0.467 e. The lowest BCUT2D eigenvalue weighted by atomic mass is 10.2. The van der Waals surface area contributed by atoms with Gasteiger partial charge in [-0.05, 0) is 36.8 Å². The SMILES string of the molecule is Cc1ccc(NCc2ccco2)cc1Br. The second-order valence-electron chi connectivity index (χ2n) is 3.40. The van der Waals surface area contributed by atoms with Crippen LogP contribution in [0.4, 0.5) is 5.69 Å². The standard InChI is InChI=1S/C12H12BrNO/c1-9-4-5-10(7-12(9)13)14-8-11-3-2-6-15-11/h2-7,14H,8H2,1H3. The minimum absolute atomic E-state index is 0.711. The zero-order valence-corrected chi connectivity index (χ0v) is 10.0. The summed E-state index contributed by atoms with van der Waals surface area (Å²) in [6.07, 6.45) is 1.68. The number of halogens is 1. The van der Waals surface area contributed by atoms with E-state index in [1.165, 1.54) is 5.56 Å². The number of rotatable bonds is 3. The van der Waals surface area contributed by atoms with Crippen molar-refractivity contribution in [1.82, 2.24) is 0 Å². The molecule has 0 fully saturated rings. The molecule has 0 aliphatic carbocycles. The maximum Gasteiger partial charge on any atom is 0.122 e. The molecule has 0 unspecified atom stereocenters. The Labute approximate surface area is 97.4 Å². The molecule has 78 valence electrons. The first-order valence-electron chi connectivity index (χ1n) is 4.78. The van der Waals surface area contributed by atoms with Gasteiger partial charge in [0.15, 0.2) is 0 Å². The molecule has 1 N–H and O–H groups in total. The highest BCUT2D eigenvalue weighted by Crippen LogP contribution is 2.21. The van der Waals surface area contributed by atoms with Crippen LogP contribution in [0.5, 0.6) is 0 Å². The zero-order chi connectivity index (χ0) is 10.7. The molecule has 0 saturated heterocycles. The summed E-state index contributed by atoms with van der Waals surface area (Å²) in [6.45, 7) is 2.78. The molecule has 1 aromatic carbocycles. The van der Waals surface area contributed by atoms with Crippen molar-refractivity contribution < 1.29 is 4.42 Å². The molecule has 0 saturated carbocycles. The van der Waals surface area contributed by atoms with Crippen LogP contribution in [-0.4, -0.2) is 0 Å². The lowest BCUT2D eigenvalue weighted by molar-refractivity contribution is 0.518. The van der Waals surface area contributed by atoms with Gasteiger partial charge in [-0.2, -0.15) is 0 Å². The summed E-state index contributed by atoms with van der Waals surface area (Å²) in [5, 5.41) is 3.29. The van der Waals surface area contributed by atoms with Crippen molar-refractivity contribution in [3.05, 3.63) is 52.4 Å². The third kappa shape index (κ3) is 2.63. The number of furan rings is 1. The molecule has 0 amide bonds. The van der Waals surface area contributed by atoms with Gasteiger partial charge in [0.05, 0.1) is 12.8 Å². The molecule has 0 radical (unpaired) electrons. The van der Waals surface area contributed by atoms with E-state index in [0.717, 1.165) is 15.9 Å². The van der Waals surface area contributed by atoms with Crippen molar-refractivity contribution in [1.29, 1.82) is 0 Å². The predicted octanol–water partition coefficient (Wildman–Crippen LogP) is 3.96. The van der Waals surface area contributed by atoms with E-state index < -0.39 is 0 Å². The Morgan fingerprint density at radius 2 is 2.20 bits per heavy atom. The molecule has 0 atom stereocenters. The molecule has 0 aliphatic rings. The predicted molar refractivity (Wildman–Crippen MR) is 64.9 cm³/mol. The van der Waals surface area contributed by atoms with Crippen LogP contribution in [0.2, 0.25) is 0 Å². The molecular weight excluding hydrogens is 254 g/mol. The van der Waals surface area contributed by atoms with Crippen LogP contribution >= 0.6 is 15.9 Å². The lowest BCUT2D eigenvalue weighted by Gasteiger charge is -2.06. The van der Waals surface area contributed by atoms with Crippen LogP contribution in [0.15, 0.2) is 45.5 Å². The minimum Gasteiger partial charge on any atom is -0.467 e. The highest BCUT2D eigenvalue weighted by Gasteiger charge is 1.98. The fourth-order valence-corrected chi connectivity index (χ4v) is 1.68. The summed E-state index contributed by atoms with van der Waals surface area (Å²) in [4.78, 5) is 0. The van der Waals surface area contributed by atoms with Gasteiger partial charge in [-0.1, -0.05) is 22.0 Å². The summed E-state index contributed by atoms with van der Waals surface area (Å²) < 4.78 is 6.35. The van der Waals surface area contributed by atoms with Crippen LogP contribution in [0.1, 0.15) is 11.3 Å². The highest BCUT2D eigenvalue weighted by atomic mass is 79.9. The number of anilines is 1. The van der Waals surface area contributed by atoms with E-state index in [0.29, 0.717) is 6.54 Å².